The molecule has 0 N–H and O–H groups in total. The molecule has 230 valence electrons. The van der Waals surface area contributed by atoms with Crippen molar-refractivity contribution in [2.45, 2.75) is 0 Å². The van der Waals surface area contributed by atoms with Crippen LogP contribution < -0.4 is 4.90 Å². The van der Waals surface area contributed by atoms with E-state index >= 15 is 0 Å². The maximum atomic E-state index is 6.23. The number of benzene rings is 8. The Morgan fingerprint density at radius 3 is 1.92 bits per heavy atom. The van der Waals surface area contributed by atoms with Crippen LogP contribution in [0, 0.1) is 0 Å². The Morgan fingerprint density at radius 2 is 1.00 bits per heavy atom. The molecule has 0 aliphatic carbocycles. The maximum Gasteiger partial charge on any atom is 0.136 e. The largest absolute Gasteiger partial charge is 0.456 e. The number of anilines is 3. The highest BCUT2D eigenvalue weighted by Crippen LogP contribution is 2.47. The van der Waals surface area contributed by atoms with Crippen LogP contribution in [0.15, 0.2) is 180 Å². The monoisotopic (exact) mass is 643 g/mol. The Balaban J connectivity index is 1.20. The molecule has 0 saturated heterocycles. The molecule has 0 bridgehead atoms. The highest BCUT2D eigenvalue weighted by molar-refractivity contribution is 7.25. The fraction of sp³-hybridized carbons (Fsp3) is 0. The van der Waals surface area contributed by atoms with Gasteiger partial charge in [-0.05, 0) is 70.6 Å². The van der Waals surface area contributed by atoms with Crippen LogP contribution >= 0.6 is 11.3 Å². The summed E-state index contributed by atoms with van der Waals surface area (Å²) in [5.74, 6) is 0. The maximum absolute atomic E-state index is 6.23. The Kier molecular flexibility index (Phi) is 6.39. The Morgan fingerprint density at radius 1 is 0.388 bits per heavy atom. The van der Waals surface area contributed by atoms with E-state index in [1.807, 2.05) is 23.5 Å². The lowest BCUT2D eigenvalue weighted by atomic mass is 9.96. The molecule has 2 aromatic heterocycles. The third kappa shape index (κ3) is 4.47. The summed E-state index contributed by atoms with van der Waals surface area (Å²) in [4.78, 5) is 2.43. The summed E-state index contributed by atoms with van der Waals surface area (Å²) in [5, 5.41) is 7.32. The van der Waals surface area contributed by atoms with Crippen LogP contribution in [0.2, 0.25) is 0 Å². The lowest BCUT2D eigenvalue weighted by molar-refractivity contribution is 0.669. The zero-order valence-corrected chi connectivity index (χ0v) is 27.3. The molecular weight excluding hydrogens is 615 g/mol. The number of rotatable bonds is 5. The fourth-order valence-electron chi connectivity index (χ4n) is 7.51. The van der Waals surface area contributed by atoms with E-state index in [-0.39, 0.29) is 0 Å². The molecule has 0 unspecified atom stereocenters. The Hall–Kier alpha value is -6.16. The number of para-hydroxylation sites is 2. The summed E-state index contributed by atoms with van der Waals surface area (Å²) >= 11 is 1.86. The van der Waals surface area contributed by atoms with Crippen molar-refractivity contribution in [2.75, 3.05) is 4.90 Å². The van der Waals surface area contributed by atoms with Crippen LogP contribution in [0.1, 0.15) is 0 Å². The SMILES string of the molecule is c1ccc(N(c2ccc(-c3cccc4oc5ccccc5c34)cc2)c2cccc3ccccc23)c(-c2cccc3sc4ccccc4c23)c1. The molecule has 0 fully saturated rings. The molecule has 3 heteroatoms. The predicted molar refractivity (Wildman–Crippen MR) is 210 cm³/mol. The first-order valence-corrected chi connectivity index (χ1v) is 17.4. The topological polar surface area (TPSA) is 16.4 Å². The minimum absolute atomic E-state index is 0.907. The molecule has 0 atom stereocenters. The fourth-order valence-corrected chi connectivity index (χ4v) is 8.64. The van der Waals surface area contributed by atoms with Crippen LogP contribution in [-0.2, 0) is 0 Å². The van der Waals surface area contributed by atoms with Gasteiger partial charge in [0.15, 0.2) is 0 Å². The molecule has 10 aromatic rings. The standard InChI is InChI=1S/C46H29NOS/c1-2-14-33-30(12-1)13-9-21-39(33)47(32-28-26-31(27-29-32)34-18-10-23-42-45(34)37-16-4-7-22-41(37)48-42)40-20-6-3-15-35(40)36-19-11-25-44-46(36)38-17-5-8-24-43(38)49-44/h1-29H. The van der Waals surface area contributed by atoms with Crippen LogP contribution in [0.25, 0.3) is 75.1 Å². The number of furan rings is 1. The van der Waals surface area contributed by atoms with Gasteiger partial charge in [-0.3, -0.25) is 0 Å². The van der Waals surface area contributed by atoms with Gasteiger partial charge in [-0.1, -0.05) is 127 Å². The zero-order valence-electron chi connectivity index (χ0n) is 26.5. The Labute approximate surface area is 287 Å². The minimum atomic E-state index is 0.907. The summed E-state index contributed by atoms with van der Waals surface area (Å²) in [6, 6.07) is 63.3. The van der Waals surface area contributed by atoms with E-state index in [1.54, 1.807) is 0 Å². The highest BCUT2D eigenvalue weighted by atomic mass is 32.1. The van der Waals surface area contributed by atoms with E-state index in [0.717, 1.165) is 44.6 Å². The summed E-state index contributed by atoms with van der Waals surface area (Å²) < 4.78 is 8.84. The number of hydrogen-bond acceptors (Lipinski definition) is 3. The van der Waals surface area contributed by atoms with Crippen molar-refractivity contribution in [1.29, 1.82) is 0 Å². The molecular formula is C46H29NOS. The molecule has 2 nitrogen and oxygen atoms in total. The third-order valence-electron chi connectivity index (χ3n) is 9.68. The van der Waals surface area contributed by atoms with Crippen molar-refractivity contribution >= 4 is 81.3 Å². The molecule has 0 spiro atoms. The van der Waals surface area contributed by atoms with Crippen LogP contribution in [0.5, 0.6) is 0 Å². The van der Waals surface area contributed by atoms with Gasteiger partial charge >= 0.3 is 0 Å². The first-order valence-electron chi connectivity index (χ1n) is 16.6. The molecule has 0 amide bonds. The Bertz CT molecular complexity index is 2840. The molecule has 2 heterocycles. The number of fused-ring (bicyclic) bond motifs is 7. The summed E-state index contributed by atoms with van der Waals surface area (Å²) in [6.07, 6.45) is 0. The van der Waals surface area contributed by atoms with Crippen molar-refractivity contribution in [3.8, 4) is 22.3 Å². The van der Waals surface area contributed by atoms with Crippen molar-refractivity contribution in [1.82, 2.24) is 0 Å². The summed E-state index contributed by atoms with van der Waals surface area (Å²) in [6.45, 7) is 0. The second-order valence-corrected chi connectivity index (χ2v) is 13.5. The lowest BCUT2D eigenvalue weighted by Gasteiger charge is -2.29. The van der Waals surface area contributed by atoms with Crippen LogP contribution in [0.4, 0.5) is 17.1 Å². The predicted octanol–water partition coefficient (Wildman–Crippen LogP) is 13.9. The molecule has 0 aliphatic heterocycles. The van der Waals surface area contributed by atoms with Crippen LogP contribution in [0.3, 0.4) is 0 Å². The van der Waals surface area contributed by atoms with Gasteiger partial charge in [0.05, 0.1) is 11.4 Å². The van der Waals surface area contributed by atoms with Gasteiger partial charge in [0.25, 0.3) is 0 Å². The number of hydrogen-bond donors (Lipinski definition) is 0. The number of nitrogens with zero attached hydrogens (tertiary/aromatic N) is 1. The average Bonchev–Trinajstić information content (AvgIpc) is 3.74. The van der Waals surface area contributed by atoms with E-state index in [0.29, 0.717) is 0 Å². The third-order valence-corrected chi connectivity index (χ3v) is 10.8. The second-order valence-electron chi connectivity index (χ2n) is 12.5. The molecule has 0 saturated carbocycles. The minimum Gasteiger partial charge on any atom is -0.456 e. The highest BCUT2D eigenvalue weighted by Gasteiger charge is 2.21. The van der Waals surface area contributed by atoms with Crippen molar-refractivity contribution in [2.24, 2.45) is 0 Å². The molecule has 49 heavy (non-hydrogen) atoms. The van der Waals surface area contributed by atoms with E-state index in [1.165, 1.54) is 47.6 Å². The van der Waals surface area contributed by atoms with Gasteiger partial charge in [-0.25, -0.2) is 0 Å². The van der Waals surface area contributed by atoms with Crippen molar-refractivity contribution in [3.63, 3.8) is 0 Å². The first-order chi connectivity index (χ1) is 24.3. The quantitative estimate of drug-likeness (QED) is 0.186. The second kappa shape index (κ2) is 11.2. The van der Waals surface area contributed by atoms with E-state index < -0.39 is 0 Å². The van der Waals surface area contributed by atoms with Gasteiger partial charge in [-0.15, -0.1) is 11.3 Å². The summed E-state index contributed by atoms with van der Waals surface area (Å²) in [7, 11) is 0. The normalized spacial score (nSPS) is 11.7. The van der Waals surface area contributed by atoms with Crippen molar-refractivity contribution < 1.29 is 4.42 Å². The van der Waals surface area contributed by atoms with E-state index in [9.17, 15) is 0 Å². The zero-order chi connectivity index (χ0) is 32.3. The summed E-state index contributed by atoms with van der Waals surface area (Å²) in [5.41, 5.74) is 9.95. The molecule has 10 rings (SSSR count). The van der Waals surface area contributed by atoms with E-state index in [2.05, 4.69) is 169 Å². The van der Waals surface area contributed by atoms with Gasteiger partial charge in [-0.2, -0.15) is 0 Å². The average molecular weight is 644 g/mol. The van der Waals surface area contributed by atoms with Gasteiger partial charge in [0.2, 0.25) is 0 Å². The lowest BCUT2D eigenvalue weighted by Crippen LogP contribution is -2.11. The van der Waals surface area contributed by atoms with Gasteiger partial charge in [0, 0.05) is 47.6 Å². The van der Waals surface area contributed by atoms with Gasteiger partial charge in [0.1, 0.15) is 11.2 Å². The van der Waals surface area contributed by atoms with E-state index in [4.69, 9.17) is 4.42 Å². The van der Waals surface area contributed by atoms with Crippen molar-refractivity contribution in [3.05, 3.63) is 176 Å². The smallest absolute Gasteiger partial charge is 0.136 e. The number of thiophene rings is 1. The molecule has 8 aromatic carbocycles. The first kappa shape index (κ1) is 27.9. The van der Waals surface area contributed by atoms with Crippen LogP contribution in [-0.4, -0.2) is 0 Å². The molecule has 0 aliphatic rings. The van der Waals surface area contributed by atoms with Gasteiger partial charge < -0.3 is 9.32 Å². The molecule has 0 radical (unpaired) electrons.